The van der Waals surface area contributed by atoms with Crippen LogP contribution in [0.2, 0.25) is 0 Å². The van der Waals surface area contributed by atoms with Crippen LogP contribution in [0.1, 0.15) is 6.42 Å². The Labute approximate surface area is 170 Å². The summed E-state index contributed by atoms with van der Waals surface area (Å²) in [7, 11) is -2.27. The normalized spacial score (nSPS) is 23.8. The third-order valence-electron chi connectivity index (χ3n) is 5.41. The first-order valence-corrected chi connectivity index (χ1v) is 10.7. The van der Waals surface area contributed by atoms with Crippen molar-refractivity contribution < 1.29 is 22.7 Å². The maximum Gasteiger partial charge on any atom is 0.250 e. The zero-order valence-corrected chi connectivity index (χ0v) is 16.8. The maximum absolute atomic E-state index is 13.2. The van der Waals surface area contributed by atoms with E-state index >= 15 is 0 Å². The lowest BCUT2D eigenvalue weighted by Gasteiger charge is -2.23. The smallest absolute Gasteiger partial charge is 0.250 e. The van der Waals surface area contributed by atoms with Crippen LogP contribution in [0.4, 0.5) is 11.4 Å². The van der Waals surface area contributed by atoms with Gasteiger partial charge < -0.3 is 14.8 Å². The van der Waals surface area contributed by atoms with Crippen molar-refractivity contribution in [1.82, 2.24) is 0 Å². The Morgan fingerprint density at radius 2 is 1.86 bits per heavy atom. The van der Waals surface area contributed by atoms with Crippen molar-refractivity contribution in [2.24, 2.45) is 5.92 Å². The molecule has 2 fully saturated rings. The molecule has 4 rings (SSSR count). The number of anilines is 2. The molecule has 2 aliphatic rings. The molecule has 1 aliphatic carbocycles. The molecule has 0 bridgehead atoms. The number of hydrogen-bond donors (Lipinski definition) is 1. The summed E-state index contributed by atoms with van der Waals surface area (Å²) in [6.07, 6.45) is 1.98. The summed E-state index contributed by atoms with van der Waals surface area (Å²) in [4.78, 5) is 12.9. The van der Waals surface area contributed by atoms with Crippen LogP contribution in [0.3, 0.4) is 0 Å². The lowest BCUT2D eigenvalue weighted by Crippen LogP contribution is -2.42. The summed E-state index contributed by atoms with van der Waals surface area (Å²) in [5.74, 6) is 0.580. The van der Waals surface area contributed by atoms with E-state index in [9.17, 15) is 13.2 Å². The van der Waals surface area contributed by atoms with Crippen molar-refractivity contribution in [1.29, 1.82) is 0 Å². The number of carbonyl (C=O) groups is 1. The monoisotopic (exact) mass is 414 g/mol. The Morgan fingerprint density at radius 1 is 1.21 bits per heavy atom. The second-order valence-electron chi connectivity index (χ2n) is 7.10. The molecule has 1 N–H and O–H groups in total. The van der Waals surface area contributed by atoms with Gasteiger partial charge in [0, 0.05) is 18.2 Å². The predicted molar refractivity (Wildman–Crippen MR) is 111 cm³/mol. The molecule has 1 saturated carbocycles. The van der Waals surface area contributed by atoms with E-state index in [0.717, 1.165) is 0 Å². The van der Waals surface area contributed by atoms with Gasteiger partial charge in [0.2, 0.25) is 15.9 Å². The summed E-state index contributed by atoms with van der Waals surface area (Å²) >= 11 is 0. The number of nitrogens with zero attached hydrogens (tertiary/aromatic N) is 1. The summed E-state index contributed by atoms with van der Waals surface area (Å²) < 4.78 is 36.9. The van der Waals surface area contributed by atoms with Crippen molar-refractivity contribution in [2.75, 3.05) is 29.9 Å². The third-order valence-corrected chi connectivity index (χ3v) is 7.96. The number of methoxy groups -OCH3 is 1. The molecule has 7 nitrogen and oxygen atoms in total. The standard InChI is InChI=1S/C21H22N2O5S/c1-3-12-28-19-8-4-16(5-9-19)22-20(24)21-13-15(21)14-23(29(21,25)26)17-6-10-18(27-2)11-7-17/h3-11,15H,1,12-14H2,2H3,(H,22,24). The zero-order valence-electron chi connectivity index (χ0n) is 16.0. The lowest BCUT2D eigenvalue weighted by molar-refractivity contribution is -0.116. The minimum absolute atomic E-state index is 0.218. The number of carbonyl (C=O) groups excluding carboxylic acids is 1. The van der Waals surface area contributed by atoms with Gasteiger partial charge in [-0.1, -0.05) is 12.7 Å². The van der Waals surface area contributed by atoms with Crippen LogP contribution in [0, 0.1) is 5.92 Å². The number of hydrogen-bond acceptors (Lipinski definition) is 5. The van der Waals surface area contributed by atoms with E-state index in [2.05, 4.69) is 11.9 Å². The highest BCUT2D eigenvalue weighted by Gasteiger charge is 2.75. The number of sulfonamides is 1. The third kappa shape index (κ3) is 3.13. The molecule has 0 aromatic heterocycles. The molecular weight excluding hydrogens is 392 g/mol. The summed E-state index contributed by atoms with van der Waals surface area (Å²) in [6, 6.07) is 13.6. The van der Waals surface area contributed by atoms with E-state index in [0.29, 0.717) is 42.4 Å². The average molecular weight is 414 g/mol. The van der Waals surface area contributed by atoms with E-state index in [1.165, 1.54) is 4.31 Å². The van der Waals surface area contributed by atoms with E-state index in [1.54, 1.807) is 61.7 Å². The Kier molecular flexibility index (Phi) is 4.74. The zero-order chi connectivity index (χ0) is 20.6. The number of benzene rings is 2. The van der Waals surface area contributed by atoms with Crippen LogP contribution >= 0.6 is 0 Å². The highest BCUT2D eigenvalue weighted by atomic mass is 32.2. The second-order valence-corrected chi connectivity index (χ2v) is 9.22. The van der Waals surface area contributed by atoms with Crippen LogP contribution in [0.5, 0.6) is 11.5 Å². The fourth-order valence-corrected chi connectivity index (χ4v) is 6.11. The topological polar surface area (TPSA) is 84.9 Å². The Morgan fingerprint density at radius 3 is 2.48 bits per heavy atom. The molecule has 2 aromatic carbocycles. The maximum atomic E-state index is 13.2. The SMILES string of the molecule is C=CCOc1ccc(NC(=O)C23CC2CN(c2ccc(OC)cc2)S3(=O)=O)cc1. The molecule has 1 aliphatic heterocycles. The minimum Gasteiger partial charge on any atom is -0.497 e. The van der Waals surface area contributed by atoms with E-state index < -0.39 is 20.7 Å². The van der Waals surface area contributed by atoms with Crippen molar-refractivity contribution in [3.05, 3.63) is 61.2 Å². The van der Waals surface area contributed by atoms with Gasteiger partial charge in [-0.05, 0) is 55.0 Å². The van der Waals surface area contributed by atoms with Gasteiger partial charge in [0.15, 0.2) is 4.75 Å². The average Bonchev–Trinajstić information content (AvgIpc) is 3.43. The van der Waals surface area contributed by atoms with Gasteiger partial charge >= 0.3 is 0 Å². The molecule has 2 aromatic rings. The number of amides is 1. The summed E-state index contributed by atoms with van der Waals surface area (Å²) in [6.45, 7) is 4.28. The molecule has 152 valence electrons. The van der Waals surface area contributed by atoms with Gasteiger partial charge in [0.05, 0.1) is 12.8 Å². The van der Waals surface area contributed by atoms with Crippen LogP contribution in [0.15, 0.2) is 61.2 Å². The summed E-state index contributed by atoms with van der Waals surface area (Å²) in [5.41, 5.74) is 1.06. The predicted octanol–water partition coefficient (Wildman–Crippen LogP) is 2.81. The van der Waals surface area contributed by atoms with Crippen molar-refractivity contribution in [3.8, 4) is 11.5 Å². The molecule has 1 amide bonds. The molecule has 1 saturated heterocycles. The molecule has 0 radical (unpaired) electrons. The van der Waals surface area contributed by atoms with Gasteiger partial charge in [-0.3, -0.25) is 9.10 Å². The van der Waals surface area contributed by atoms with Gasteiger partial charge in [0.1, 0.15) is 18.1 Å². The van der Waals surface area contributed by atoms with Crippen molar-refractivity contribution in [3.63, 3.8) is 0 Å². The highest BCUT2D eigenvalue weighted by Crippen LogP contribution is 2.58. The van der Waals surface area contributed by atoms with Gasteiger partial charge in [0.25, 0.3) is 0 Å². The van der Waals surface area contributed by atoms with Gasteiger partial charge in [-0.25, -0.2) is 8.42 Å². The molecule has 1 heterocycles. The first-order valence-electron chi connectivity index (χ1n) is 9.24. The van der Waals surface area contributed by atoms with E-state index in [4.69, 9.17) is 9.47 Å². The molecular formula is C21H22N2O5S. The first kappa shape index (κ1) is 19.3. The number of ether oxygens (including phenoxy) is 2. The quantitative estimate of drug-likeness (QED) is 0.705. The van der Waals surface area contributed by atoms with Crippen molar-refractivity contribution in [2.45, 2.75) is 11.2 Å². The Bertz CT molecular complexity index is 1030. The molecule has 8 heteroatoms. The molecule has 2 unspecified atom stereocenters. The van der Waals surface area contributed by atoms with E-state index in [-0.39, 0.29) is 5.92 Å². The molecule has 0 spiro atoms. The second kappa shape index (κ2) is 7.11. The fraction of sp³-hybridized carbons (Fsp3) is 0.286. The van der Waals surface area contributed by atoms with E-state index in [1.807, 2.05) is 0 Å². The minimum atomic E-state index is -3.82. The van der Waals surface area contributed by atoms with Gasteiger partial charge in [-0.2, -0.15) is 0 Å². The molecule has 29 heavy (non-hydrogen) atoms. The van der Waals surface area contributed by atoms with Crippen LogP contribution in [-0.2, 0) is 14.8 Å². The van der Waals surface area contributed by atoms with Crippen LogP contribution < -0.4 is 19.1 Å². The largest absolute Gasteiger partial charge is 0.497 e. The fourth-order valence-electron chi connectivity index (χ4n) is 3.74. The Balaban J connectivity index is 1.51. The van der Waals surface area contributed by atoms with Gasteiger partial charge in [-0.15, -0.1) is 0 Å². The van der Waals surface area contributed by atoms with Crippen LogP contribution in [-0.4, -0.2) is 39.3 Å². The first-order chi connectivity index (χ1) is 13.9. The Hall–Kier alpha value is -3.00. The number of nitrogens with one attached hydrogen (secondary N) is 1. The van der Waals surface area contributed by atoms with Crippen molar-refractivity contribution >= 4 is 27.3 Å². The highest BCUT2D eigenvalue weighted by molar-refractivity contribution is 7.95. The number of fused-ring (bicyclic) bond motifs is 1. The summed E-state index contributed by atoms with van der Waals surface area (Å²) in [5, 5.41) is 2.75. The number of rotatable bonds is 7. The lowest BCUT2D eigenvalue weighted by atomic mass is 10.2. The molecule has 2 atom stereocenters. The van der Waals surface area contributed by atoms with Crippen LogP contribution in [0.25, 0.3) is 0 Å².